The fourth-order valence-corrected chi connectivity index (χ4v) is 3.47. The van der Waals surface area contributed by atoms with E-state index < -0.39 is 11.8 Å². The summed E-state index contributed by atoms with van der Waals surface area (Å²) < 4.78 is 16.1. The first-order chi connectivity index (χ1) is 16.1. The van der Waals surface area contributed by atoms with Gasteiger partial charge in [0.1, 0.15) is 0 Å². The van der Waals surface area contributed by atoms with Gasteiger partial charge in [-0.15, -0.1) is 0 Å². The highest BCUT2D eigenvalue weighted by atomic mass is 16.5. The Kier molecular flexibility index (Phi) is 6.40. The van der Waals surface area contributed by atoms with Gasteiger partial charge >= 0.3 is 5.91 Å². The number of furan rings is 1. The van der Waals surface area contributed by atoms with E-state index in [1.54, 1.807) is 18.4 Å². The van der Waals surface area contributed by atoms with Crippen LogP contribution in [0.5, 0.6) is 11.5 Å². The summed E-state index contributed by atoms with van der Waals surface area (Å²) in [7, 11) is 2.99. The molecule has 0 fully saturated rings. The molecule has 0 saturated heterocycles. The molecule has 0 radical (unpaired) electrons. The van der Waals surface area contributed by atoms with Crippen LogP contribution in [-0.4, -0.2) is 26.0 Å². The minimum Gasteiger partial charge on any atom is -0.493 e. The van der Waals surface area contributed by atoms with Crippen molar-refractivity contribution in [2.45, 2.75) is 0 Å². The van der Waals surface area contributed by atoms with Crippen molar-refractivity contribution >= 4 is 11.8 Å². The second-order valence-electron chi connectivity index (χ2n) is 7.06. The Morgan fingerprint density at radius 2 is 1.33 bits per heavy atom. The fourth-order valence-electron chi connectivity index (χ4n) is 3.47. The lowest BCUT2D eigenvalue weighted by atomic mass is 9.96. The van der Waals surface area contributed by atoms with Crippen molar-refractivity contribution in [1.82, 2.24) is 10.9 Å². The number of carbonyl (C=O) groups is 2. The number of methoxy groups -OCH3 is 2. The SMILES string of the molecule is COc1ccc(C(=O)NNC(=O)c2occ(-c3ccccc3)c2-c2ccccc2)cc1OC. The van der Waals surface area contributed by atoms with E-state index >= 15 is 0 Å². The van der Waals surface area contributed by atoms with Gasteiger partial charge in [-0.2, -0.15) is 0 Å². The zero-order chi connectivity index (χ0) is 23.2. The molecule has 166 valence electrons. The fraction of sp³-hybridized carbons (Fsp3) is 0.0769. The summed E-state index contributed by atoms with van der Waals surface area (Å²) in [5.41, 5.74) is 8.29. The molecule has 3 aromatic carbocycles. The normalized spacial score (nSPS) is 10.4. The molecular weight excluding hydrogens is 420 g/mol. The number of hydrazine groups is 1. The lowest BCUT2D eigenvalue weighted by Gasteiger charge is -2.11. The van der Waals surface area contributed by atoms with Crippen LogP contribution in [0.4, 0.5) is 0 Å². The summed E-state index contributed by atoms with van der Waals surface area (Å²) in [6.45, 7) is 0. The monoisotopic (exact) mass is 442 g/mol. The first-order valence-electron chi connectivity index (χ1n) is 10.2. The number of benzene rings is 3. The van der Waals surface area contributed by atoms with Crippen LogP contribution in [-0.2, 0) is 0 Å². The Hall–Kier alpha value is -4.52. The summed E-state index contributed by atoms with van der Waals surface area (Å²) in [5.74, 6) is -0.103. The highest BCUT2D eigenvalue weighted by molar-refractivity contribution is 6.04. The third kappa shape index (κ3) is 4.57. The summed E-state index contributed by atoms with van der Waals surface area (Å²) in [5, 5.41) is 0. The third-order valence-electron chi connectivity index (χ3n) is 5.08. The van der Waals surface area contributed by atoms with Gasteiger partial charge in [-0.25, -0.2) is 0 Å². The van der Waals surface area contributed by atoms with Crippen molar-refractivity contribution < 1.29 is 23.5 Å². The van der Waals surface area contributed by atoms with Gasteiger partial charge in [-0.3, -0.25) is 20.4 Å². The van der Waals surface area contributed by atoms with Crippen molar-refractivity contribution in [2.24, 2.45) is 0 Å². The van der Waals surface area contributed by atoms with Gasteiger partial charge in [0, 0.05) is 16.7 Å². The van der Waals surface area contributed by atoms with E-state index in [1.807, 2.05) is 60.7 Å². The van der Waals surface area contributed by atoms with Crippen molar-refractivity contribution in [3.8, 4) is 33.8 Å². The van der Waals surface area contributed by atoms with Crippen LogP contribution >= 0.6 is 0 Å². The smallest absolute Gasteiger partial charge is 0.306 e. The first kappa shape index (κ1) is 21.7. The molecule has 0 saturated carbocycles. The molecule has 33 heavy (non-hydrogen) atoms. The molecule has 0 aliphatic carbocycles. The van der Waals surface area contributed by atoms with E-state index in [-0.39, 0.29) is 5.76 Å². The standard InChI is InChI=1S/C26H22N2O5/c1-31-21-14-13-19(15-22(21)32-2)25(29)27-28-26(30)24-23(18-11-7-4-8-12-18)20(16-33-24)17-9-5-3-6-10-17/h3-16H,1-2H3,(H,27,29)(H,28,30). The number of ether oxygens (including phenoxy) is 2. The lowest BCUT2D eigenvalue weighted by molar-refractivity contribution is 0.0831. The van der Waals surface area contributed by atoms with Gasteiger partial charge in [-0.05, 0) is 29.3 Å². The molecule has 0 aliphatic heterocycles. The number of rotatable bonds is 6. The average Bonchev–Trinajstić information content (AvgIpc) is 3.33. The summed E-state index contributed by atoms with van der Waals surface area (Å²) in [6.07, 6.45) is 1.54. The average molecular weight is 442 g/mol. The van der Waals surface area contributed by atoms with Gasteiger partial charge in [-0.1, -0.05) is 60.7 Å². The number of carbonyl (C=O) groups excluding carboxylic acids is 2. The molecule has 0 aliphatic rings. The number of hydrogen-bond donors (Lipinski definition) is 2. The zero-order valence-corrected chi connectivity index (χ0v) is 18.1. The topological polar surface area (TPSA) is 89.8 Å². The molecule has 4 rings (SSSR count). The first-order valence-corrected chi connectivity index (χ1v) is 10.2. The molecule has 2 amide bonds. The van der Waals surface area contributed by atoms with Crippen LogP contribution in [0, 0.1) is 0 Å². The maximum atomic E-state index is 13.0. The number of hydrogen-bond acceptors (Lipinski definition) is 5. The van der Waals surface area contributed by atoms with Crippen molar-refractivity contribution in [3.63, 3.8) is 0 Å². The van der Waals surface area contributed by atoms with Crippen LogP contribution in [0.2, 0.25) is 0 Å². The summed E-state index contributed by atoms with van der Waals surface area (Å²) in [6, 6.07) is 23.8. The summed E-state index contributed by atoms with van der Waals surface area (Å²) in [4.78, 5) is 25.6. The van der Waals surface area contributed by atoms with E-state index in [4.69, 9.17) is 13.9 Å². The minimum absolute atomic E-state index is 0.0904. The Labute approximate surface area is 190 Å². The van der Waals surface area contributed by atoms with Crippen molar-refractivity contribution in [1.29, 1.82) is 0 Å². The second-order valence-corrected chi connectivity index (χ2v) is 7.06. The Morgan fingerprint density at radius 1 is 0.727 bits per heavy atom. The van der Waals surface area contributed by atoms with Gasteiger partial charge < -0.3 is 13.9 Å². The maximum absolute atomic E-state index is 13.0. The van der Waals surface area contributed by atoms with E-state index in [9.17, 15) is 9.59 Å². The van der Waals surface area contributed by atoms with Gasteiger partial charge in [0.05, 0.1) is 20.5 Å². The predicted octanol–water partition coefficient (Wildman–Crippen LogP) is 4.71. The molecular formula is C26H22N2O5. The largest absolute Gasteiger partial charge is 0.493 e. The molecule has 0 bridgehead atoms. The van der Waals surface area contributed by atoms with E-state index in [1.165, 1.54) is 20.3 Å². The Balaban J connectivity index is 1.59. The highest BCUT2D eigenvalue weighted by Gasteiger charge is 2.23. The van der Waals surface area contributed by atoms with Crippen molar-refractivity contribution in [2.75, 3.05) is 14.2 Å². The molecule has 7 nitrogen and oxygen atoms in total. The van der Waals surface area contributed by atoms with Gasteiger partial charge in [0.15, 0.2) is 11.5 Å². The molecule has 0 unspecified atom stereocenters. The van der Waals surface area contributed by atoms with Gasteiger partial charge in [0.2, 0.25) is 5.76 Å². The maximum Gasteiger partial charge on any atom is 0.306 e. The molecule has 1 heterocycles. The van der Waals surface area contributed by atoms with Crippen LogP contribution in [0.3, 0.4) is 0 Å². The van der Waals surface area contributed by atoms with E-state index in [2.05, 4.69) is 10.9 Å². The van der Waals surface area contributed by atoms with Crippen LogP contribution in [0.25, 0.3) is 22.3 Å². The lowest BCUT2D eigenvalue weighted by Crippen LogP contribution is -2.41. The minimum atomic E-state index is -0.579. The number of amides is 2. The predicted molar refractivity (Wildman–Crippen MR) is 124 cm³/mol. The van der Waals surface area contributed by atoms with E-state index in [0.29, 0.717) is 22.6 Å². The molecule has 0 spiro atoms. The van der Waals surface area contributed by atoms with Crippen molar-refractivity contribution in [3.05, 3.63) is 96.4 Å². The molecule has 7 heteroatoms. The quantitative estimate of drug-likeness (QED) is 0.422. The number of nitrogens with one attached hydrogen (secondary N) is 2. The van der Waals surface area contributed by atoms with Crippen LogP contribution in [0.1, 0.15) is 20.9 Å². The zero-order valence-electron chi connectivity index (χ0n) is 18.1. The summed E-state index contributed by atoms with van der Waals surface area (Å²) >= 11 is 0. The molecule has 4 aromatic rings. The Morgan fingerprint density at radius 3 is 1.97 bits per heavy atom. The van der Waals surface area contributed by atoms with Crippen LogP contribution in [0.15, 0.2) is 89.5 Å². The highest BCUT2D eigenvalue weighted by Crippen LogP contribution is 2.36. The van der Waals surface area contributed by atoms with Crippen LogP contribution < -0.4 is 20.3 Å². The molecule has 1 aromatic heterocycles. The second kappa shape index (κ2) is 9.74. The Bertz CT molecular complexity index is 1270. The molecule has 0 atom stereocenters. The van der Waals surface area contributed by atoms with Gasteiger partial charge in [0.25, 0.3) is 5.91 Å². The van der Waals surface area contributed by atoms with E-state index in [0.717, 1.165) is 16.7 Å². The molecule has 2 N–H and O–H groups in total. The third-order valence-corrected chi connectivity index (χ3v) is 5.08.